The number of nitrogen functional groups attached to an aromatic ring is 1. The van der Waals surface area contributed by atoms with Crippen molar-refractivity contribution >= 4 is 17.2 Å². The van der Waals surface area contributed by atoms with Crippen LogP contribution in [-0.2, 0) is 6.54 Å². The Hall–Kier alpha value is -1.21. The fraction of sp³-hybridized carbons (Fsp3) is 0.385. The molecule has 0 aliphatic heterocycles. The van der Waals surface area contributed by atoms with Crippen LogP contribution < -0.4 is 22.7 Å². The van der Waals surface area contributed by atoms with Crippen molar-refractivity contribution in [3.8, 4) is 0 Å². The van der Waals surface area contributed by atoms with Gasteiger partial charge in [0.1, 0.15) is 16.8 Å². The first-order valence-corrected chi connectivity index (χ1v) is 6.89. The Kier molecular flexibility index (Phi) is 5.88. The van der Waals surface area contributed by atoms with Crippen LogP contribution in [0.1, 0.15) is 27.9 Å². The van der Waals surface area contributed by atoms with E-state index in [1.165, 1.54) is 11.3 Å². The van der Waals surface area contributed by atoms with Gasteiger partial charge < -0.3 is 28.4 Å². The summed E-state index contributed by atoms with van der Waals surface area (Å²) in [6.45, 7) is 4.16. The minimum atomic E-state index is -0.820. The summed E-state index contributed by atoms with van der Waals surface area (Å²) in [6.07, 6.45) is -0.820. The molecular weight excluding hydrogens is 298 g/mol. The van der Waals surface area contributed by atoms with Gasteiger partial charge in [0.15, 0.2) is 12.2 Å². The molecule has 0 bridgehead atoms. The van der Waals surface area contributed by atoms with Gasteiger partial charge in [-0.1, -0.05) is 11.3 Å². The molecule has 2 rings (SSSR count). The molecule has 0 spiro atoms. The Morgan fingerprint density at radius 1 is 1.40 bits per heavy atom. The van der Waals surface area contributed by atoms with E-state index in [1.54, 1.807) is 0 Å². The molecule has 4 N–H and O–H groups in total. The number of rotatable bonds is 4. The molecule has 0 aliphatic rings. The van der Waals surface area contributed by atoms with Crippen molar-refractivity contribution < 1.29 is 27.2 Å². The molecule has 2 aromatic rings. The summed E-state index contributed by atoms with van der Waals surface area (Å²) in [5.74, 6) is 0.530. The molecule has 2 heterocycles. The van der Waals surface area contributed by atoms with Crippen molar-refractivity contribution in [2.75, 3.05) is 12.3 Å². The molecule has 0 saturated heterocycles. The average Bonchev–Trinajstić information content (AvgIpc) is 2.73. The van der Waals surface area contributed by atoms with Crippen molar-refractivity contribution in [2.24, 2.45) is 0 Å². The lowest BCUT2D eigenvalue weighted by molar-refractivity contribution is -0.689. The fourth-order valence-electron chi connectivity index (χ4n) is 1.91. The quantitative estimate of drug-likeness (QED) is 0.555. The number of anilines is 1. The van der Waals surface area contributed by atoms with Gasteiger partial charge >= 0.3 is 0 Å². The minimum Gasteiger partial charge on any atom is -1.00 e. The van der Waals surface area contributed by atoms with Crippen LogP contribution in [0.25, 0.3) is 0 Å². The molecule has 5 nitrogen and oxygen atoms in total. The average molecular weight is 316 g/mol. The highest BCUT2D eigenvalue weighted by molar-refractivity contribution is 7.09. The number of aliphatic hydroxyl groups is 2. The van der Waals surface area contributed by atoms with Crippen molar-refractivity contribution in [2.45, 2.75) is 26.5 Å². The zero-order valence-corrected chi connectivity index (χ0v) is 12.9. The van der Waals surface area contributed by atoms with Crippen molar-refractivity contribution in [3.63, 3.8) is 0 Å². The number of aliphatic hydroxyl groups excluding tert-OH is 2. The lowest BCUT2D eigenvalue weighted by Crippen LogP contribution is -3.00. The first-order valence-electron chi connectivity index (χ1n) is 6.01. The number of halogens is 1. The maximum atomic E-state index is 9.69. The van der Waals surface area contributed by atoms with Crippen molar-refractivity contribution in [3.05, 3.63) is 39.5 Å². The maximum Gasteiger partial charge on any atom is 0.225 e. The summed E-state index contributed by atoms with van der Waals surface area (Å²) in [5.41, 5.74) is 10.6. The van der Waals surface area contributed by atoms with E-state index in [2.05, 4.69) is 4.98 Å². The largest absolute Gasteiger partial charge is 1.00 e. The summed E-state index contributed by atoms with van der Waals surface area (Å²) < 4.78 is 2.00. The number of aryl methyl sites for hydroxylation is 1. The van der Waals surface area contributed by atoms with E-state index in [-0.39, 0.29) is 19.0 Å². The zero-order chi connectivity index (χ0) is 14.0. The van der Waals surface area contributed by atoms with Crippen LogP contribution in [0.4, 0.5) is 5.82 Å². The van der Waals surface area contributed by atoms with Crippen molar-refractivity contribution in [1.29, 1.82) is 0 Å². The third-order valence-corrected chi connectivity index (χ3v) is 4.24. The number of aromatic nitrogens is 2. The topological polar surface area (TPSA) is 83.2 Å². The lowest BCUT2D eigenvalue weighted by atomic mass is 10.2. The molecule has 20 heavy (non-hydrogen) atoms. The number of thiazole rings is 1. The van der Waals surface area contributed by atoms with Crippen LogP contribution in [0.15, 0.2) is 17.6 Å². The van der Waals surface area contributed by atoms with Gasteiger partial charge in [0, 0.05) is 12.6 Å². The standard InChI is InChI=1S/C13H18N3O2S.ClH/c1-8-3-4-10(13(14)15-8)5-16-7-19-12(9(16)2)11(18)6-17;/h3-4,7,11,17-18H,5-6H2,1-2H3,(H2,14,15);1H/q+1;/p-1/t11-;/m0./s1. The van der Waals surface area contributed by atoms with Crippen LogP contribution in [0, 0.1) is 13.8 Å². The first-order chi connectivity index (χ1) is 9.02. The monoisotopic (exact) mass is 315 g/mol. The highest BCUT2D eigenvalue weighted by atomic mass is 35.5. The molecule has 0 radical (unpaired) electrons. The number of pyridine rings is 1. The van der Waals surface area contributed by atoms with Gasteiger partial charge in [-0.15, -0.1) is 0 Å². The van der Waals surface area contributed by atoms with Gasteiger partial charge in [-0.05, 0) is 19.1 Å². The van der Waals surface area contributed by atoms with Crippen LogP contribution in [0.2, 0.25) is 0 Å². The Balaban J connectivity index is 0.00000200. The SMILES string of the molecule is Cc1ccc(C[n+]2csc([C@@H](O)CO)c2C)c(N)n1.[Cl-]. The smallest absolute Gasteiger partial charge is 0.225 e. The molecule has 0 unspecified atom stereocenters. The fourth-order valence-corrected chi connectivity index (χ4v) is 2.90. The normalized spacial score (nSPS) is 12.0. The second kappa shape index (κ2) is 6.99. The lowest BCUT2D eigenvalue weighted by Gasteiger charge is -2.04. The maximum absolute atomic E-state index is 9.69. The van der Waals surface area contributed by atoms with Gasteiger partial charge in [-0.3, -0.25) is 0 Å². The molecule has 0 aromatic carbocycles. The van der Waals surface area contributed by atoms with Crippen LogP contribution in [0.3, 0.4) is 0 Å². The van der Waals surface area contributed by atoms with Crippen LogP contribution >= 0.6 is 11.3 Å². The Bertz CT molecular complexity index is 589. The summed E-state index contributed by atoms with van der Waals surface area (Å²) in [4.78, 5) is 5.01. The van der Waals surface area contributed by atoms with E-state index in [1.807, 2.05) is 36.1 Å². The van der Waals surface area contributed by atoms with Gasteiger partial charge in [0.05, 0.1) is 12.2 Å². The predicted molar refractivity (Wildman–Crippen MR) is 73.8 cm³/mol. The van der Waals surface area contributed by atoms with E-state index in [0.717, 1.165) is 21.8 Å². The number of nitrogens with zero attached hydrogens (tertiary/aromatic N) is 2. The third kappa shape index (κ3) is 3.46. The van der Waals surface area contributed by atoms with Crippen LogP contribution in [0.5, 0.6) is 0 Å². The minimum absolute atomic E-state index is 0. The third-order valence-electron chi connectivity index (χ3n) is 3.06. The Labute approximate surface area is 128 Å². The molecule has 0 aliphatic carbocycles. The highest BCUT2D eigenvalue weighted by Gasteiger charge is 2.21. The van der Waals surface area contributed by atoms with Gasteiger partial charge in [-0.25, -0.2) is 4.98 Å². The first kappa shape index (κ1) is 16.8. The second-order valence-electron chi connectivity index (χ2n) is 4.50. The summed E-state index contributed by atoms with van der Waals surface area (Å²) in [7, 11) is 0. The van der Waals surface area contributed by atoms with Gasteiger partial charge in [0.25, 0.3) is 0 Å². The molecule has 0 saturated carbocycles. The van der Waals surface area contributed by atoms with Crippen LogP contribution in [-0.4, -0.2) is 21.8 Å². The predicted octanol–water partition coefficient (Wildman–Crippen LogP) is -2.29. The summed E-state index contributed by atoms with van der Waals surface area (Å²) in [5, 5.41) is 18.7. The number of hydrogen-bond donors (Lipinski definition) is 3. The second-order valence-corrected chi connectivity index (χ2v) is 5.38. The van der Waals surface area contributed by atoms with E-state index in [4.69, 9.17) is 10.8 Å². The Morgan fingerprint density at radius 3 is 2.70 bits per heavy atom. The number of hydrogen-bond acceptors (Lipinski definition) is 5. The zero-order valence-electron chi connectivity index (χ0n) is 11.4. The van der Waals surface area contributed by atoms with Gasteiger partial charge in [-0.2, -0.15) is 4.57 Å². The van der Waals surface area contributed by atoms with E-state index < -0.39 is 6.10 Å². The van der Waals surface area contributed by atoms with E-state index >= 15 is 0 Å². The molecule has 7 heteroatoms. The molecule has 0 amide bonds. The molecule has 2 aromatic heterocycles. The van der Waals surface area contributed by atoms with Crippen molar-refractivity contribution in [1.82, 2.24) is 4.98 Å². The number of nitrogens with two attached hydrogens (primary N) is 1. The van der Waals surface area contributed by atoms with Gasteiger partial charge in [0.2, 0.25) is 5.51 Å². The molecule has 110 valence electrons. The molecular formula is C13H18ClN3O2S. The molecule has 0 fully saturated rings. The molecule has 1 atom stereocenters. The Morgan fingerprint density at radius 2 is 2.10 bits per heavy atom. The van der Waals surface area contributed by atoms with E-state index in [0.29, 0.717) is 12.4 Å². The summed E-state index contributed by atoms with van der Waals surface area (Å²) in [6, 6.07) is 3.89. The highest BCUT2D eigenvalue weighted by Crippen LogP contribution is 2.20. The van der Waals surface area contributed by atoms with E-state index in [9.17, 15) is 5.11 Å². The summed E-state index contributed by atoms with van der Waals surface area (Å²) >= 11 is 1.43.